The minimum absolute atomic E-state index is 0.187. The SMILES string of the molecule is COC1CCC(Nc2ccc(C)cc2)(C(=O)O)CC1. The van der Waals surface area contributed by atoms with Crippen LogP contribution in [0.2, 0.25) is 0 Å². The summed E-state index contributed by atoms with van der Waals surface area (Å²) in [6.07, 6.45) is 2.93. The monoisotopic (exact) mass is 263 g/mol. The van der Waals surface area contributed by atoms with E-state index in [1.54, 1.807) is 7.11 Å². The third kappa shape index (κ3) is 3.07. The Morgan fingerprint density at radius 3 is 2.37 bits per heavy atom. The Balaban J connectivity index is 2.12. The summed E-state index contributed by atoms with van der Waals surface area (Å²) in [7, 11) is 1.69. The molecule has 19 heavy (non-hydrogen) atoms. The second-order valence-corrected chi connectivity index (χ2v) is 5.31. The number of carboxylic acids is 1. The van der Waals surface area contributed by atoms with E-state index in [0.29, 0.717) is 12.8 Å². The molecule has 4 heteroatoms. The first-order valence-corrected chi connectivity index (χ1v) is 6.67. The summed E-state index contributed by atoms with van der Waals surface area (Å²) >= 11 is 0. The Morgan fingerprint density at radius 1 is 1.32 bits per heavy atom. The van der Waals surface area contributed by atoms with Crippen molar-refractivity contribution >= 4 is 11.7 Å². The van der Waals surface area contributed by atoms with E-state index in [2.05, 4.69) is 5.32 Å². The number of benzene rings is 1. The van der Waals surface area contributed by atoms with E-state index in [1.807, 2.05) is 31.2 Å². The molecule has 104 valence electrons. The van der Waals surface area contributed by atoms with Crippen LogP contribution < -0.4 is 5.32 Å². The van der Waals surface area contributed by atoms with Crippen LogP contribution in [0.3, 0.4) is 0 Å². The minimum Gasteiger partial charge on any atom is -0.480 e. The first kappa shape index (κ1) is 13.9. The Bertz CT molecular complexity index is 433. The molecule has 0 heterocycles. The first-order chi connectivity index (χ1) is 9.05. The van der Waals surface area contributed by atoms with Crippen molar-refractivity contribution in [2.45, 2.75) is 44.2 Å². The molecule has 0 bridgehead atoms. The summed E-state index contributed by atoms with van der Waals surface area (Å²) < 4.78 is 5.31. The summed E-state index contributed by atoms with van der Waals surface area (Å²) in [6.45, 7) is 2.01. The zero-order valence-corrected chi connectivity index (χ0v) is 11.5. The van der Waals surface area contributed by atoms with Crippen LogP contribution in [0.15, 0.2) is 24.3 Å². The molecule has 1 aliphatic carbocycles. The third-order valence-corrected chi connectivity index (χ3v) is 3.96. The van der Waals surface area contributed by atoms with E-state index in [0.717, 1.165) is 24.1 Å². The van der Waals surface area contributed by atoms with Crippen LogP contribution in [0.25, 0.3) is 0 Å². The van der Waals surface area contributed by atoms with Gasteiger partial charge in [0.1, 0.15) is 5.54 Å². The molecular formula is C15H21NO3. The topological polar surface area (TPSA) is 58.6 Å². The van der Waals surface area contributed by atoms with Crippen LogP contribution in [0.4, 0.5) is 5.69 Å². The molecule has 0 spiro atoms. The van der Waals surface area contributed by atoms with Gasteiger partial charge in [-0.25, -0.2) is 4.79 Å². The van der Waals surface area contributed by atoms with Crippen LogP contribution >= 0.6 is 0 Å². The number of aryl methyl sites for hydroxylation is 1. The largest absolute Gasteiger partial charge is 0.480 e. The maximum absolute atomic E-state index is 11.6. The van der Waals surface area contributed by atoms with Crippen LogP contribution in [-0.4, -0.2) is 29.8 Å². The van der Waals surface area contributed by atoms with Gasteiger partial charge in [-0.3, -0.25) is 0 Å². The number of methoxy groups -OCH3 is 1. The predicted molar refractivity (Wildman–Crippen MR) is 74.4 cm³/mol. The summed E-state index contributed by atoms with van der Waals surface area (Å²) in [5.41, 5.74) is 1.17. The van der Waals surface area contributed by atoms with Gasteiger partial charge in [0, 0.05) is 12.8 Å². The number of ether oxygens (including phenoxy) is 1. The molecule has 2 rings (SSSR count). The highest BCUT2D eigenvalue weighted by molar-refractivity contribution is 5.83. The van der Waals surface area contributed by atoms with E-state index in [-0.39, 0.29) is 6.10 Å². The van der Waals surface area contributed by atoms with Crippen molar-refractivity contribution in [2.75, 3.05) is 12.4 Å². The average molecular weight is 263 g/mol. The predicted octanol–water partition coefficient (Wildman–Crippen LogP) is 2.82. The third-order valence-electron chi connectivity index (χ3n) is 3.96. The maximum Gasteiger partial charge on any atom is 0.329 e. The van der Waals surface area contributed by atoms with Crippen molar-refractivity contribution in [3.63, 3.8) is 0 Å². The number of carboxylic acid groups (broad SMARTS) is 1. The van der Waals surface area contributed by atoms with E-state index in [1.165, 1.54) is 0 Å². The van der Waals surface area contributed by atoms with Crippen molar-refractivity contribution in [1.29, 1.82) is 0 Å². The Kier molecular flexibility index (Phi) is 4.10. The molecule has 1 saturated carbocycles. The highest BCUT2D eigenvalue weighted by Crippen LogP contribution is 2.33. The number of rotatable bonds is 4. The molecule has 0 saturated heterocycles. The molecule has 4 nitrogen and oxygen atoms in total. The molecule has 0 atom stereocenters. The molecule has 1 aromatic carbocycles. The lowest BCUT2D eigenvalue weighted by molar-refractivity contribution is -0.144. The standard InChI is InChI=1S/C15H21NO3/c1-11-3-5-12(6-4-11)16-15(14(17)18)9-7-13(19-2)8-10-15/h3-6,13,16H,7-10H2,1-2H3,(H,17,18). The van der Waals surface area contributed by atoms with Crippen LogP contribution in [-0.2, 0) is 9.53 Å². The number of hydrogen-bond acceptors (Lipinski definition) is 3. The van der Waals surface area contributed by atoms with Crippen molar-refractivity contribution < 1.29 is 14.6 Å². The molecule has 0 amide bonds. The van der Waals surface area contributed by atoms with Gasteiger partial charge in [-0.15, -0.1) is 0 Å². The normalized spacial score (nSPS) is 26.9. The maximum atomic E-state index is 11.6. The molecule has 2 N–H and O–H groups in total. The number of carbonyl (C=O) groups is 1. The van der Waals surface area contributed by atoms with Gasteiger partial charge in [0.25, 0.3) is 0 Å². The quantitative estimate of drug-likeness (QED) is 0.877. The van der Waals surface area contributed by atoms with E-state index in [4.69, 9.17) is 4.74 Å². The van der Waals surface area contributed by atoms with E-state index >= 15 is 0 Å². The summed E-state index contributed by atoms with van der Waals surface area (Å²) in [5.74, 6) is -0.775. The van der Waals surface area contributed by atoms with Crippen LogP contribution in [0.1, 0.15) is 31.2 Å². The fraction of sp³-hybridized carbons (Fsp3) is 0.533. The number of hydrogen-bond donors (Lipinski definition) is 2. The van der Waals surface area contributed by atoms with Gasteiger partial charge >= 0.3 is 5.97 Å². The Morgan fingerprint density at radius 2 is 1.89 bits per heavy atom. The Hall–Kier alpha value is -1.55. The average Bonchev–Trinajstić information content (AvgIpc) is 2.42. The second-order valence-electron chi connectivity index (χ2n) is 5.31. The highest BCUT2D eigenvalue weighted by Gasteiger charge is 2.42. The molecule has 1 fully saturated rings. The van der Waals surface area contributed by atoms with Crippen LogP contribution in [0, 0.1) is 6.92 Å². The van der Waals surface area contributed by atoms with Gasteiger partial charge in [0.2, 0.25) is 0 Å². The number of anilines is 1. The van der Waals surface area contributed by atoms with Crippen molar-refractivity contribution in [1.82, 2.24) is 0 Å². The first-order valence-electron chi connectivity index (χ1n) is 6.67. The zero-order chi connectivity index (χ0) is 13.9. The van der Waals surface area contributed by atoms with Crippen LogP contribution in [0.5, 0.6) is 0 Å². The van der Waals surface area contributed by atoms with Crippen molar-refractivity contribution in [3.8, 4) is 0 Å². The van der Waals surface area contributed by atoms with E-state index in [9.17, 15) is 9.90 Å². The van der Waals surface area contributed by atoms with Crippen molar-refractivity contribution in [3.05, 3.63) is 29.8 Å². The summed E-state index contributed by atoms with van der Waals surface area (Å²) in [4.78, 5) is 11.6. The molecule has 0 unspecified atom stereocenters. The molecule has 0 aliphatic heterocycles. The molecular weight excluding hydrogens is 242 g/mol. The lowest BCUT2D eigenvalue weighted by Gasteiger charge is -2.37. The number of aliphatic carboxylic acids is 1. The molecule has 0 aromatic heterocycles. The zero-order valence-electron chi connectivity index (χ0n) is 11.5. The molecule has 1 aliphatic rings. The Labute approximate surface area is 113 Å². The second kappa shape index (κ2) is 5.61. The smallest absolute Gasteiger partial charge is 0.329 e. The molecule has 0 radical (unpaired) electrons. The van der Waals surface area contributed by atoms with Gasteiger partial charge in [0.05, 0.1) is 6.10 Å². The van der Waals surface area contributed by atoms with Gasteiger partial charge in [-0.05, 0) is 44.7 Å². The fourth-order valence-electron chi connectivity index (χ4n) is 2.63. The van der Waals surface area contributed by atoms with Gasteiger partial charge in [-0.2, -0.15) is 0 Å². The molecule has 1 aromatic rings. The lowest BCUT2D eigenvalue weighted by Crippen LogP contribution is -2.50. The summed E-state index contributed by atoms with van der Waals surface area (Å²) in [5, 5.41) is 12.8. The van der Waals surface area contributed by atoms with E-state index < -0.39 is 11.5 Å². The van der Waals surface area contributed by atoms with Crippen molar-refractivity contribution in [2.24, 2.45) is 0 Å². The van der Waals surface area contributed by atoms with Gasteiger partial charge < -0.3 is 15.2 Å². The highest BCUT2D eigenvalue weighted by atomic mass is 16.5. The van der Waals surface area contributed by atoms with Gasteiger partial charge in [0.15, 0.2) is 0 Å². The lowest BCUT2D eigenvalue weighted by atomic mass is 9.80. The van der Waals surface area contributed by atoms with Gasteiger partial charge in [-0.1, -0.05) is 17.7 Å². The minimum atomic E-state index is -0.857. The number of nitrogens with one attached hydrogen (secondary N) is 1. The summed E-state index contributed by atoms with van der Waals surface area (Å²) in [6, 6.07) is 7.84. The fourth-order valence-corrected chi connectivity index (χ4v) is 2.63.